The number of esters is 1. The molecule has 0 spiro atoms. The quantitative estimate of drug-likeness (QED) is 0.842. The molecule has 1 aliphatic carbocycles. The van der Waals surface area contributed by atoms with Crippen LogP contribution in [0, 0.1) is 0 Å². The first-order chi connectivity index (χ1) is 9.15. The van der Waals surface area contributed by atoms with Crippen molar-refractivity contribution in [2.75, 3.05) is 11.9 Å². The molecule has 0 aliphatic heterocycles. The van der Waals surface area contributed by atoms with Gasteiger partial charge in [-0.1, -0.05) is 20.3 Å². The van der Waals surface area contributed by atoms with E-state index in [1.807, 2.05) is 13.8 Å². The molecule has 0 aromatic carbocycles. The van der Waals surface area contributed by atoms with Gasteiger partial charge in [-0.05, 0) is 25.7 Å². The second-order valence-electron chi connectivity index (χ2n) is 5.22. The van der Waals surface area contributed by atoms with Crippen LogP contribution in [0.2, 0.25) is 0 Å². The summed E-state index contributed by atoms with van der Waals surface area (Å²) in [6.45, 7) is 4.26. The van der Waals surface area contributed by atoms with Crippen LogP contribution in [0.1, 0.15) is 57.7 Å². The van der Waals surface area contributed by atoms with Crippen molar-refractivity contribution < 1.29 is 9.53 Å². The van der Waals surface area contributed by atoms with Gasteiger partial charge in [-0.3, -0.25) is 4.79 Å². The first-order valence-electron chi connectivity index (χ1n) is 6.92. The van der Waals surface area contributed by atoms with Crippen molar-refractivity contribution in [3.8, 4) is 0 Å². The van der Waals surface area contributed by atoms with Crippen LogP contribution in [-0.2, 0) is 9.53 Å². The molecule has 0 atom stereocenters. The summed E-state index contributed by atoms with van der Waals surface area (Å²) in [7, 11) is 0. The second-order valence-corrected chi connectivity index (χ2v) is 5.97. The van der Waals surface area contributed by atoms with E-state index >= 15 is 0 Å². The van der Waals surface area contributed by atoms with Gasteiger partial charge in [-0.25, -0.2) is 4.98 Å². The molecule has 1 saturated carbocycles. The summed E-state index contributed by atoms with van der Waals surface area (Å²) in [5.41, 5.74) is 0. The summed E-state index contributed by atoms with van der Waals surface area (Å²) >= 11 is 1.29. The maximum absolute atomic E-state index is 11.7. The molecule has 0 radical (unpaired) electrons. The number of ether oxygens (including phenoxy) is 1. The maximum Gasteiger partial charge on any atom is 0.325 e. The molecule has 0 unspecified atom stereocenters. The molecule has 1 aromatic heterocycles. The molecule has 1 aliphatic rings. The maximum atomic E-state index is 11.7. The molecule has 0 saturated heterocycles. The predicted molar refractivity (Wildman–Crippen MR) is 75.5 cm³/mol. The number of carbonyl (C=O) groups is 1. The van der Waals surface area contributed by atoms with Crippen molar-refractivity contribution in [1.82, 2.24) is 9.36 Å². The average molecular weight is 283 g/mol. The first-order valence-corrected chi connectivity index (χ1v) is 7.69. The third-order valence-electron chi connectivity index (χ3n) is 3.19. The fourth-order valence-electron chi connectivity index (χ4n) is 2.10. The highest BCUT2D eigenvalue weighted by Gasteiger charge is 2.17. The van der Waals surface area contributed by atoms with Crippen LogP contribution < -0.4 is 5.32 Å². The van der Waals surface area contributed by atoms with Gasteiger partial charge in [0.25, 0.3) is 0 Å². The van der Waals surface area contributed by atoms with Gasteiger partial charge in [-0.2, -0.15) is 4.37 Å². The molecule has 5 nitrogen and oxygen atoms in total. The third kappa shape index (κ3) is 4.45. The Kier molecular flexibility index (Phi) is 5.13. The minimum atomic E-state index is -0.201. The van der Waals surface area contributed by atoms with Crippen LogP contribution in [0.3, 0.4) is 0 Å². The van der Waals surface area contributed by atoms with Gasteiger partial charge in [0, 0.05) is 17.5 Å². The standard InChI is InChI=1S/C13H21N3O2S/c1-9(2)12-15-13(19-16-12)14-8-11(17)18-10-6-4-3-5-7-10/h9-10H,3-8H2,1-2H3,(H,14,15,16). The average Bonchev–Trinajstić information content (AvgIpc) is 2.86. The Bertz CT molecular complexity index is 414. The smallest absolute Gasteiger partial charge is 0.325 e. The number of rotatable bonds is 5. The van der Waals surface area contributed by atoms with E-state index in [0.717, 1.165) is 18.7 Å². The Morgan fingerprint density at radius 3 is 2.79 bits per heavy atom. The van der Waals surface area contributed by atoms with Crippen LogP contribution >= 0.6 is 11.5 Å². The third-order valence-corrected chi connectivity index (χ3v) is 3.88. The zero-order valence-electron chi connectivity index (χ0n) is 11.5. The highest BCUT2D eigenvalue weighted by molar-refractivity contribution is 7.09. The highest BCUT2D eigenvalue weighted by atomic mass is 32.1. The number of hydrogen-bond donors (Lipinski definition) is 1. The summed E-state index contributed by atoms with van der Waals surface area (Å²) in [4.78, 5) is 16.0. The van der Waals surface area contributed by atoms with Gasteiger partial charge < -0.3 is 10.1 Å². The molecule has 2 rings (SSSR count). The minimum absolute atomic E-state index is 0.115. The summed E-state index contributed by atoms with van der Waals surface area (Å²) in [6.07, 6.45) is 5.71. The van der Waals surface area contributed by atoms with Gasteiger partial charge in [-0.15, -0.1) is 0 Å². The second kappa shape index (κ2) is 6.84. The first kappa shape index (κ1) is 14.2. The van der Waals surface area contributed by atoms with Gasteiger partial charge >= 0.3 is 5.97 Å². The van der Waals surface area contributed by atoms with Crippen molar-refractivity contribution in [2.24, 2.45) is 0 Å². The number of aromatic nitrogens is 2. The van der Waals surface area contributed by atoms with Crippen molar-refractivity contribution in [1.29, 1.82) is 0 Å². The molecule has 0 bridgehead atoms. The van der Waals surface area contributed by atoms with Crippen molar-refractivity contribution in [3.05, 3.63) is 5.82 Å². The van der Waals surface area contributed by atoms with Crippen LogP contribution in [0.4, 0.5) is 5.13 Å². The summed E-state index contributed by atoms with van der Waals surface area (Å²) < 4.78 is 9.65. The molecular formula is C13H21N3O2S. The van der Waals surface area contributed by atoms with Crippen LogP contribution in [0.15, 0.2) is 0 Å². The van der Waals surface area contributed by atoms with Crippen molar-refractivity contribution in [3.63, 3.8) is 0 Å². The zero-order chi connectivity index (χ0) is 13.7. The van der Waals surface area contributed by atoms with E-state index in [0.29, 0.717) is 11.0 Å². The van der Waals surface area contributed by atoms with E-state index in [1.54, 1.807) is 0 Å². The van der Waals surface area contributed by atoms with E-state index in [4.69, 9.17) is 4.74 Å². The number of anilines is 1. The fraction of sp³-hybridized carbons (Fsp3) is 0.769. The molecule has 19 heavy (non-hydrogen) atoms. The SMILES string of the molecule is CC(C)c1nsc(NCC(=O)OC2CCCCC2)n1. The molecule has 1 N–H and O–H groups in total. The Morgan fingerprint density at radius 2 is 2.16 bits per heavy atom. The highest BCUT2D eigenvalue weighted by Crippen LogP contribution is 2.20. The van der Waals surface area contributed by atoms with E-state index in [9.17, 15) is 4.79 Å². The topological polar surface area (TPSA) is 64.1 Å². The molecule has 6 heteroatoms. The lowest BCUT2D eigenvalue weighted by molar-refractivity contribution is -0.148. The van der Waals surface area contributed by atoms with Crippen molar-refractivity contribution in [2.45, 2.75) is 58.0 Å². The molecule has 1 heterocycles. The predicted octanol–water partition coefficient (Wildman–Crippen LogP) is 2.95. The Morgan fingerprint density at radius 1 is 1.42 bits per heavy atom. The summed E-state index contributed by atoms with van der Waals surface area (Å²) in [5, 5.41) is 3.66. The van der Waals surface area contributed by atoms with Gasteiger partial charge in [0.2, 0.25) is 5.13 Å². The Balaban J connectivity index is 1.73. The monoisotopic (exact) mass is 283 g/mol. The molecule has 0 amide bonds. The van der Waals surface area contributed by atoms with E-state index < -0.39 is 0 Å². The lowest BCUT2D eigenvalue weighted by Gasteiger charge is -2.21. The molecule has 1 fully saturated rings. The molecule has 106 valence electrons. The van der Waals surface area contributed by atoms with E-state index in [-0.39, 0.29) is 18.6 Å². The van der Waals surface area contributed by atoms with E-state index in [2.05, 4.69) is 14.7 Å². The number of nitrogens with zero attached hydrogens (tertiary/aromatic N) is 2. The number of hydrogen-bond acceptors (Lipinski definition) is 6. The zero-order valence-corrected chi connectivity index (χ0v) is 12.3. The lowest BCUT2D eigenvalue weighted by Crippen LogP contribution is -2.25. The minimum Gasteiger partial charge on any atom is -0.461 e. The lowest BCUT2D eigenvalue weighted by atomic mass is 9.98. The number of nitrogens with one attached hydrogen (secondary N) is 1. The number of carbonyl (C=O) groups excluding carboxylic acids is 1. The fourth-order valence-corrected chi connectivity index (χ4v) is 2.80. The summed E-state index contributed by atoms with van der Waals surface area (Å²) in [6, 6.07) is 0. The van der Waals surface area contributed by atoms with Gasteiger partial charge in [0.15, 0.2) is 0 Å². The summed E-state index contributed by atoms with van der Waals surface area (Å²) in [5.74, 6) is 0.919. The molecular weight excluding hydrogens is 262 g/mol. The van der Waals surface area contributed by atoms with Crippen LogP contribution in [-0.4, -0.2) is 28.0 Å². The van der Waals surface area contributed by atoms with Gasteiger partial charge in [0.05, 0.1) is 0 Å². The normalized spacial score (nSPS) is 16.6. The Hall–Kier alpha value is -1.17. The van der Waals surface area contributed by atoms with E-state index in [1.165, 1.54) is 30.8 Å². The molecule has 1 aromatic rings. The largest absolute Gasteiger partial charge is 0.461 e. The van der Waals surface area contributed by atoms with Crippen LogP contribution in [0.5, 0.6) is 0 Å². The Labute approximate surface area is 117 Å². The van der Waals surface area contributed by atoms with Crippen molar-refractivity contribution >= 4 is 22.6 Å². The van der Waals surface area contributed by atoms with Gasteiger partial charge in [0.1, 0.15) is 18.5 Å². The van der Waals surface area contributed by atoms with Crippen LogP contribution in [0.25, 0.3) is 0 Å².